The Balaban J connectivity index is 1.35. The molecular formula is C27H28N4O4S. The van der Waals surface area contributed by atoms with Crippen LogP contribution in [0.15, 0.2) is 54.0 Å². The van der Waals surface area contributed by atoms with Gasteiger partial charge in [-0.25, -0.2) is 0 Å². The fourth-order valence-corrected chi connectivity index (χ4v) is 5.80. The van der Waals surface area contributed by atoms with Crippen molar-refractivity contribution in [2.75, 3.05) is 20.2 Å². The molecule has 4 aromatic rings. The Morgan fingerprint density at radius 2 is 2.06 bits per heavy atom. The summed E-state index contributed by atoms with van der Waals surface area (Å²) < 4.78 is 5.95. The van der Waals surface area contributed by atoms with Crippen LogP contribution in [0.4, 0.5) is 0 Å². The van der Waals surface area contributed by atoms with Crippen LogP contribution in [0.1, 0.15) is 30.9 Å². The zero-order valence-corrected chi connectivity index (χ0v) is 21.1. The number of H-pyrrole nitrogens is 1. The Kier molecular flexibility index (Phi) is 6.49. The van der Waals surface area contributed by atoms with Gasteiger partial charge in [0.05, 0.1) is 31.7 Å². The number of rotatable bonds is 8. The molecule has 0 saturated carbocycles. The van der Waals surface area contributed by atoms with Gasteiger partial charge < -0.3 is 14.5 Å². The van der Waals surface area contributed by atoms with Gasteiger partial charge in [0.2, 0.25) is 11.8 Å². The number of carbonyl (C=O) groups excluding carboxylic acids is 3. The second-order valence-electron chi connectivity index (χ2n) is 9.35. The molecule has 0 bridgehead atoms. The van der Waals surface area contributed by atoms with Crippen LogP contribution in [-0.2, 0) is 32.1 Å². The van der Waals surface area contributed by atoms with E-state index < -0.39 is 5.54 Å². The molecule has 0 aliphatic carbocycles. The summed E-state index contributed by atoms with van der Waals surface area (Å²) >= 11 is 1.62. The van der Waals surface area contributed by atoms with Crippen LogP contribution < -0.4 is 0 Å². The third-order valence-electron chi connectivity index (χ3n) is 7.06. The molecule has 1 atom stereocenters. The highest BCUT2D eigenvalue weighted by molar-refractivity contribution is 7.17. The van der Waals surface area contributed by atoms with Crippen molar-refractivity contribution in [2.24, 2.45) is 0 Å². The van der Waals surface area contributed by atoms with Gasteiger partial charge in [0.1, 0.15) is 5.54 Å². The lowest BCUT2D eigenvalue weighted by molar-refractivity contribution is -0.164. The lowest BCUT2D eigenvalue weighted by Crippen LogP contribution is -2.68. The number of benzene rings is 2. The number of aromatic nitrogens is 2. The maximum absolute atomic E-state index is 13.9. The van der Waals surface area contributed by atoms with Crippen molar-refractivity contribution in [1.29, 1.82) is 0 Å². The predicted molar refractivity (Wildman–Crippen MR) is 138 cm³/mol. The van der Waals surface area contributed by atoms with E-state index in [2.05, 4.69) is 10.2 Å². The molecule has 2 aromatic carbocycles. The molecular weight excluding hydrogens is 476 g/mol. The lowest BCUT2D eigenvalue weighted by Gasteiger charge is -2.51. The Morgan fingerprint density at radius 1 is 1.22 bits per heavy atom. The van der Waals surface area contributed by atoms with Crippen molar-refractivity contribution in [1.82, 2.24) is 20.0 Å². The summed E-state index contributed by atoms with van der Waals surface area (Å²) in [7, 11) is 1.34. The van der Waals surface area contributed by atoms with Gasteiger partial charge in [0.25, 0.3) is 0 Å². The van der Waals surface area contributed by atoms with E-state index in [4.69, 9.17) is 4.74 Å². The third kappa shape index (κ3) is 4.46. The van der Waals surface area contributed by atoms with E-state index >= 15 is 0 Å². The van der Waals surface area contributed by atoms with Crippen LogP contribution in [-0.4, -0.2) is 63.5 Å². The third-order valence-corrected chi connectivity index (χ3v) is 8.08. The zero-order chi connectivity index (χ0) is 25.3. The van der Waals surface area contributed by atoms with E-state index in [1.165, 1.54) is 7.11 Å². The summed E-state index contributed by atoms with van der Waals surface area (Å²) in [5, 5.41) is 11.1. The fraction of sp³-hybridized carbons (Fsp3) is 0.333. The standard InChI is InChI=1S/C27H28N4O4S/c1-27(10-12-31(27)24(32)14-20-17-36-23-6-4-3-5-21(20)23)26(34)30(11-9-25(33)35-2)16-18-7-8-19-15-28-29-22(19)13-18/h3-8,13,15,17H,9-12,14,16H2,1-2H3,(H,28,29). The number of hydrogen-bond acceptors (Lipinski definition) is 6. The minimum absolute atomic E-state index is 0.0625. The van der Waals surface area contributed by atoms with Crippen molar-refractivity contribution in [2.45, 2.75) is 38.3 Å². The summed E-state index contributed by atoms with van der Waals surface area (Å²) in [5.74, 6) is -0.605. The number of amides is 2. The van der Waals surface area contributed by atoms with Crippen molar-refractivity contribution in [3.8, 4) is 0 Å². The molecule has 9 heteroatoms. The quantitative estimate of drug-likeness (QED) is 0.367. The van der Waals surface area contributed by atoms with E-state index in [1.807, 2.05) is 54.8 Å². The lowest BCUT2D eigenvalue weighted by atomic mass is 9.84. The van der Waals surface area contributed by atoms with Gasteiger partial charge in [0.15, 0.2) is 0 Å². The second-order valence-corrected chi connectivity index (χ2v) is 10.3. The molecule has 1 N–H and O–H groups in total. The van der Waals surface area contributed by atoms with E-state index in [9.17, 15) is 14.4 Å². The molecule has 2 amide bonds. The van der Waals surface area contributed by atoms with Crippen molar-refractivity contribution < 1.29 is 19.1 Å². The molecule has 3 heterocycles. The summed E-state index contributed by atoms with van der Waals surface area (Å²) in [6.45, 7) is 2.89. The molecule has 36 heavy (non-hydrogen) atoms. The van der Waals surface area contributed by atoms with Crippen LogP contribution >= 0.6 is 11.3 Å². The molecule has 186 valence electrons. The molecule has 5 rings (SSSR count). The first-order valence-corrected chi connectivity index (χ1v) is 12.8. The monoisotopic (exact) mass is 504 g/mol. The maximum atomic E-state index is 13.9. The summed E-state index contributed by atoms with van der Waals surface area (Å²) in [5.41, 5.74) is 1.83. The molecule has 0 radical (unpaired) electrons. The first-order valence-electron chi connectivity index (χ1n) is 11.9. The highest BCUT2D eigenvalue weighted by Gasteiger charge is 2.50. The van der Waals surface area contributed by atoms with Crippen molar-refractivity contribution in [3.63, 3.8) is 0 Å². The Labute approximate surface area is 212 Å². The van der Waals surface area contributed by atoms with Gasteiger partial charge in [-0.3, -0.25) is 19.5 Å². The topological polar surface area (TPSA) is 95.6 Å². The molecule has 1 saturated heterocycles. The highest BCUT2D eigenvalue weighted by atomic mass is 32.1. The largest absolute Gasteiger partial charge is 0.469 e. The Morgan fingerprint density at radius 3 is 2.83 bits per heavy atom. The Bertz CT molecular complexity index is 1440. The van der Waals surface area contributed by atoms with E-state index in [-0.39, 0.29) is 37.2 Å². The molecule has 8 nitrogen and oxygen atoms in total. The van der Waals surface area contributed by atoms with Gasteiger partial charge >= 0.3 is 5.97 Å². The van der Waals surface area contributed by atoms with Gasteiger partial charge in [-0.05, 0) is 47.4 Å². The molecule has 1 aliphatic rings. The minimum atomic E-state index is -0.947. The molecule has 1 unspecified atom stereocenters. The van der Waals surface area contributed by atoms with Crippen LogP contribution in [0.5, 0.6) is 0 Å². The number of nitrogens with zero attached hydrogens (tertiary/aromatic N) is 3. The smallest absolute Gasteiger partial charge is 0.307 e. The summed E-state index contributed by atoms with van der Waals surface area (Å²) in [6.07, 6.45) is 2.66. The van der Waals surface area contributed by atoms with Crippen LogP contribution in [0.2, 0.25) is 0 Å². The molecule has 1 fully saturated rings. The average Bonchev–Trinajstić information content (AvgIpc) is 3.51. The van der Waals surface area contributed by atoms with Crippen LogP contribution in [0.25, 0.3) is 21.0 Å². The van der Waals surface area contributed by atoms with Crippen molar-refractivity contribution >= 4 is 50.1 Å². The zero-order valence-electron chi connectivity index (χ0n) is 20.3. The normalized spacial score (nSPS) is 17.2. The summed E-state index contributed by atoms with van der Waals surface area (Å²) in [4.78, 5) is 42.4. The first kappa shape index (κ1) is 24.0. The molecule has 0 spiro atoms. The van der Waals surface area contributed by atoms with Crippen LogP contribution in [0.3, 0.4) is 0 Å². The van der Waals surface area contributed by atoms with Gasteiger partial charge in [0, 0.05) is 29.7 Å². The van der Waals surface area contributed by atoms with Gasteiger partial charge in [-0.1, -0.05) is 30.3 Å². The van der Waals surface area contributed by atoms with Gasteiger partial charge in [-0.15, -0.1) is 11.3 Å². The molecule has 1 aliphatic heterocycles. The number of fused-ring (bicyclic) bond motifs is 2. The van der Waals surface area contributed by atoms with E-state index in [0.717, 1.165) is 32.1 Å². The number of ether oxygens (including phenoxy) is 1. The number of methoxy groups -OCH3 is 1. The van der Waals surface area contributed by atoms with Crippen molar-refractivity contribution in [3.05, 3.63) is 65.2 Å². The first-order chi connectivity index (χ1) is 17.4. The predicted octanol–water partition coefficient (Wildman–Crippen LogP) is 3.90. The number of hydrogen-bond donors (Lipinski definition) is 1. The highest BCUT2D eigenvalue weighted by Crippen LogP contribution is 2.35. The average molecular weight is 505 g/mol. The fourth-order valence-electron chi connectivity index (χ4n) is 4.83. The molecule has 2 aromatic heterocycles. The maximum Gasteiger partial charge on any atom is 0.307 e. The van der Waals surface area contributed by atoms with E-state index in [1.54, 1.807) is 27.3 Å². The van der Waals surface area contributed by atoms with E-state index in [0.29, 0.717) is 19.5 Å². The summed E-state index contributed by atoms with van der Waals surface area (Å²) in [6, 6.07) is 13.9. The second kappa shape index (κ2) is 9.73. The number of carbonyl (C=O) groups is 3. The minimum Gasteiger partial charge on any atom is -0.469 e. The number of likely N-dealkylation sites (tertiary alicyclic amines) is 1. The Hall–Kier alpha value is -3.72. The number of thiophene rings is 1. The van der Waals surface area contributed by atoms with Gasteiger partial charge in [-0.2, -0.15) is 5.10 Å². The number of nitrogens with one attached hydrogen (secondary N) is 1. The number of aromatic amines is 1. The SMILES string of the molecule is COC(=O)CCN(Cc1ccc2cn[nH]c2c1)C(=O)C1(C)CCN1C(=O)Cc1csc2ccccc12. The van der Waals surface area contributed by atoms with Crippen LogP contribution in [0, 0.1) is 0 Å². The number of esters is 1.